The van der Waals surface area contributed by atoms with Crippen molar-refractivity contribution < 1.29 is 35.9 Å². The number of benzene rings is 1. The van der Waals surface area contributed by atoms with Crippen LogP contribution in [0.1, 0.15) is 35.7 Å². The topological polar surface area (TPSA) is 77.5 Å². The van der Waals surface area contributed by atoms with Crippen LogP contribution in [-0.4, -0.2) is 32.8 Å². The number of hydrogen-bond acceptors (Lipinski definition) is 5. The van der Waals surface area contributed by atoms with E-state index in [1.807, 2.05) is 0 Å². The summed E-state index contributed by atoms with van der Waals surface area (Å²) in [6.45, 7) is 1.79. The lowest BCUT2D eigenvalue weighted by Crippen LogP contribution is -2.19. The summed E-state index contributed by atoms with van der Waals surface area (Å²) in [5.41, 5.74) is -2.04. The number of alkyl halides is 3. The number of ketones is 2. The molecule has 142 valence electrons. The number of halogens is 3. The quantitative estimate of drug-likeness (QED) is 0.235. The maximum Gasteiger partial charge on any atom is 0.416 e. The molecular formula is C17H17F3O5S. The summed E-state index contributed by atoms with van der Waals surface area (Å²) in [7, 11) is -4.15. The molecule has 0 spiro atoms. The van der Waals surface area contributed by atoms with E-state index >= 15 is 0 Å². The third kappa shape index (κ3) is 4.51. The van der Waals surface area contributed by atoms with Crippen molar-refractivity contribution >= 4 is 21.4 Å². The highest BCUT2D eigenvalue weighted by molar-refractivity contribution is 7.90. The van der Waals surface area contributed by atoms with E-state index in [2.05, 4.69) is 0 Å². The second-order valence-electron chi connectivity index (χ2n) is 5.94. The van der Waals surface area contributed by atoms with Crippen LogP contribution >= 0.6 is 0 Å². The van der Waals surface area contributed by atoms with Gasteiger partial charge in [0.05, 0.1) is 23.3 Å². The van der Waals surface area contributed by atoms with Crippen LogP contribution < -0.4 is 0 Å². The maximum absolute atomic E-state index is 12.9. The van der Waals surface area contributed by atoms with E-state index < -0.39 is 43.6 Å². The third-order valence-corrected chi connectivity index (χ3v) is 4.92. The van der Waals surface area contributed by atoms with Crippen LogP contribution in [0, 0.1) is 5.92 Å². The molecule has 0 saturated heterocycles. The zero-order chi connectivity index (χ0) is 19.7. The second kappa shape index (κ2) is 7.22. The highest BCUT2D eigenvalue weighted by Crippen LogP contribution is 2.35. The molecule has 9 heteroatoms. The van der Waals surface area contributed by atoms with Crippen molar-refractivity contribution in [3.8, 4) is 0 Å². The fraction of sp³-hybridized carbons (Fsp3) is 0.412. The van der Waals surface area contributed by atoms with Gasteiger partial charge in [0.2, 0.25) is 5.78 Å². The molecule has 1 aromatic rings. The maximum atomic E-state index is 12.9. The fourth-order valence-electron chi connectivity index (χ4n) is 2.29. The van der Waals surface area contributed by atoms with Gasteiger partial charge in [0, 0.05) is 17.7 Å². The van der Waals surface area contributed by atoms with Crippen molar-refractivity contribution in [3.63, 3.8) is 0 Å². The van der Waals surface area contributed by atoms with Gasteiger partial charge in [0.15, 0.2) is 15.6 Å². The molecule has 1 aliphatic rings. The molecule has 1 aromatic carbocycles. The molecule has 1 aliphatic carbocycles. The Bertz CT molecular complexity index is 865. The van der Waals surface area contributed by atoms with Gasteiger partial charge >= 0.3 is 6.18 Å². The van der Waals surface area contributed by atoms with Crippen molar-refractivity contribution in [2.45, 2.75) is 30.8 Å². The minimum absolute atomic E-state index is 0.167. The first kappa shape index (κ1) is 20.2. The van der Waals surface area contributed by atoms with Crippen molar-refractivity contribution in [2.24, 2.45) is 5.92 Å². The van der Waals surface area contributed by atoms with E-state index in [9.17, 15) is 31.2 Å². The standard InChI is InChI=1S/C17H17F3O5S/c1-3-25-9-13(15(21)10-4-5-10)16(22)12-7-6-11(17(18,19)20)8-14(12)26(2,23)24/h6-10H,3-5H2,1-2H3. The van der Waals surface area contributed by atoms with Crippen molar-refractivity contribution in [1.82, 2.24) is 0 Å². The largest absolute Gasteiger partial charge is 0.501 e. The van der Waals surface area contributed by atoms with E-state index in [4.69, 9.17) is 4.74 Å². The monoisotopic (exact) mass is 390 g/mol. The SMILES string of the molecule is CCOC=C(C(=O)c1ccc(C(F)(F)F)cc1S(C)(=O)=O)C(=O)C1CC1. The molecule has 0 heterocycles. The van der Waals surface area contributed by atoms with E-state index in [1.54, 1.807) is 6.92 Å². The first-order chi connectivity index (χ1) is 12.0. The molecule has 0 unspecified atom stereocenters. The molecule has 5 nitrogen and oxygen atoms in total. The van der Waals surface area contributed by atoms with Gasteiger partial charge in [-0.1, -0.05) is 0 Å². The summed E-state index contributed by atoms with van der Waals surface area (Å²) in [4.78, 5) is 24.3. The summed E-state index contributed by atoms with van der Waals surface area (Å²) in [6.07, 6.45) is -1.92. The van der Waals surface area contributed by atoms with Gasteiger partial charge in [-0.3, -0.25) is 9.59 Å². The normalized spacial score (nSPS) is 15.7. The molecule has 0 N–H and O–H groups in total. The van der Waals surface area contributed by atoms with Gasteiger partial charge in [0.1, 0.15) is 5.57 Å². The molecular weight excluding hydrogens is 373 g/mol. The Hall–Kier alpha value is -2.16. The second-order valence-corrected chi connectivity index (χ2v) is 7.92. The molecule has 26 heavy (non-hydrogen) atoms. The van der Waals surface area contributed by atoms with Crippen molar-refractivity contribution in [2.75, 3.05) is 12.9 Å². The molecule has 0 atom stereocenters. The van der Waals surface area contributed by atoms with E-state index in [0.717, 1.165) is 12.3 Å². The lowest BCUT2D eigenvalue weighted by Gasteiger charge is -2.13. The lowest BCUT2D eigenvalue weighted by molar-refractivity contribution is -0.137. The summed E-state index contributed by atoms with van der Waals surface area (Å²) < 4.78 is 67.6. The predicted octanol–water partition coefficient (Wildman–Crippen LogP) is 3.19. The zero-order valence-corrected chi connectivity index (χ0v) is 14.9. The average Bonchev–Trinajstić information content (AvgIpc) is 3.37. The van der Waals surface area contributed by atoms with Crippen LogP contribution in [0.3, 0.4) is 0 Å². The van der Waals surface area contributed by atoms with Crippen LogP contribution in [-0.2, 0) is 25.5 Å². The number of ether oxygens (including phenoxy) is 1. The van der Waals surface area contributed by atoms with Gasteiger partial charge in [-0.05, 0) is 38.0 Å². The van der Waals surface area contributed by atoms with Gasteiger partial charge in [-0.25, -0.2) is 8.42 Å². The summed E-state index contributed by atoms with van der Waals surface area (Å²) in [5.74, 6) is -1.81. The van der Waals surface area contributed by atoms with E-state index in [0.29, 0.717) is 31.2 Å². The minimum Gasteiger partial charge on any atom is -0.501 e. The summed E-state index contributed by atoms with van der Waals surface area (Å²) in [6, 6.07) is 1.80. The van der Waals surface area contributed by atoms with Crippen molar-refractivity contribution in [1.29, 1.82) is 0 Å². The third-order valence-electron chi connectivity index (χ3n) is 3.78. The summed E-state index contributed by atoms with van der Waals surface area (Å²) in [5, 5.41) is 0. The van der Waals surface area contributed by atoms with Gasteiger partial charge < -0.3 is 4.74 Å². The number of sulfone groups is 1. The number of rotatable bonds is 7. The number of carbonyl (C=O) groups is 2. The average molecular weight is 390 g/mol. The number of hydrogen-bond donors (Lipinski definition) is 0. The molecule has 0 aliphatic heterocycles. The Morgan fingerprint density at radius 1 is 1.27 bits per heavy atom. The zero-order valence-electron chi connectivity index (χ0n) is 14.1. The molecule has 1 fully saturated rings. The Morgan fingerprint density at radius 2 is 1.88 bits per heavy atom. The smallest absolute Gasteiger partial charge is 0.416 e. The minimum atomic E-state index is -4.77. The highest BCUT2D eigenvalue weighted by Gasteiger charge is 2.37. The van der Waals surface area contributed by atoms with Gasteiger partial charge in [-0.2, -0.15) is 13.2 Å². The Balaban J connectivity index is 2.57. The molecule has 0 radical (unpaired) electrons. The van der Waals surface area contributed by atoms with Crippen LogP contribution in [0.15, 0.2) is 34.9 Å². The Kier molecular flexibility index (Phi) is 5.60. The van der Waals surface area contributed by atoms with Crippen LogP contribution in [0.5, 0.6) is 0 Å². The molecule has 2 rings (SSSR count). The summed E-state index contributed by atoms with van der Waals surface area (Å²) >= 11 is 0. The van der Waals surface area contributed by atoms with Gasteiger partial charge in [-0.15, -0.1) is 0 Å². The highest BCUT2D eigenvalue weighted by atomic mass is 32.2. The fourth-order valence-corrected chi connectivity index (χ4v) is 3.19. The van der Waals surface area contributed by atoms with Crippen LogP contribution in [0.4, 0.5) is 13.2 Å². The van der Waals surface area contributed by atoms with Crippen LogP contribution in [0.25, 0.3) is 0 Å². The number of allylic oxidation sites excluding steroid dienone is 1. The predicted molar refractivity (Wildman–Crippen MR) is 86.3 cm³/mol. The molecule has 0 amide bonds. The van der Waals surface area contributed by atoms with Gasteiger partial charge in [0.25, 0.3) is 0 Å². The molecule has 0 bridgehead atoms. The van der Waals surface area contributed by atoms with E-state index in [-0.39, 0.29) is 18.1 Å². The Morgan fingerprint density at radius 3 is 2.35 bits per heavy atom. The lowest BCUT2D eigenvalue weighted by atomic mass is 9.97. The Labute approximate surface area is 148 Å². The molecule has 0 aromatic heterocycles. The molecule has 1 saturated carbocycles. The van der Waals surface area contributed by atoms with Crippen LogP contribution in [0.2, 0.25) is 0 Å². The first-order valence-corrected chi connectivity index (χ1v) is 9.68. The number of carbonyl (C=O) groups excluding carboxylic acids is 2. The van der Waals surface area contributed by atoms with Crippen molar-refractivity contribution in [3.05, 3.63) is 41.2 Å². The van der Waals surface area contributed by atoms with E-state index in [1.165, 1.54) is 0 Å². The first-order valence-electron chi connectivity index (χ1n) is 7.78. The number of Topliss-reactive ketones (excluding diaryl/α,β-unsaturated/α-hetero) is 2.